The van der Waals surface area contributed by atoms with Crippen molar-refractivity contribution < 1.29 is 13.2 Å². The number of hydrogen-bond donors (Lipinski definition) is 1. The summed E-state index contributed by atoms with van der Waals surface area (Å²) in [6.07, 6.45) is 3.00. The van der Waals surface area contributed by atoms with E-state index in [4.69, 9.17) is 23.2 Å². The molecule has 0 radical (unpaired) electrons. The summed E-state index contributed by atoms with van der Waals surface area (Å²) in [5, 5.41) is 5.54. The van der Waals surface area contributed by atoms with Crippen LogP contribution >= 0.6 is 23.2 Å². The molecule has 3 aromatic rings. The van der Waals surface area contributed by atoms with Gasteiger partial charge in [-0.15, -0.1) is 0 Å². The Balaban J connectivity index is 1.71. The zero-order valence-corrected chi connectivity index (χ0v) is 18.8. The second kappa shape index (κ2) is 7.76. The number of carbonyl (C=O) groups is 1. The van der Waals surface area contributed by atoms with E-state index in [1.54, 1.807) is 6.07 Å². The molecule has 4 rings (SSSR count). The highest BCUT2D eigenvalue weighted by Gasteiger charge is 2.31. The van der Waals surface area contributed by atoms with Crippen LogP contribution in [0.5, 0.6) is 0 Å². The highest BCUT2D eigenvalue weighted by molar-refractivity contribution is 7.92. The average molecular weight is 463 g/mol. The molecule has 156 valence electrons. The standard InChI is InChI=1S/C22H20Cl2N2O3S/c1-13(26(30(2,28)29)20-12-16(23)9-10-18(20)24)22(27)25-19-11-8-15-7-6-14-4-3-5-17(19)21(14)15/h3-5,8-13H,6-7H2,1-2H3,(H,25,27)/t13-/m0/s1. The van der Waals surface area contributed by atoms with Crippen LogP contribution in [0.4, 0.5) is 11.4 Å². The lowest BCUT2D eigenvalue weighted by molar-refractivity contribution is -0.116. The topological polar surface area (TPSA) is 66.5 Å². The number of amides is 1. The first-order valence-electron chi connectivity index (χ1n) is 9.45. The Bertz CT molecular complexity index is 1260. The van der Waals surface area contributed by atoms with Crippen molar-refractivity contribution >= 4 is 61.3 Å². The van der Waals surface area contributed by atoms with E-state index in [0.29, 0.717) is 10.7 Å². The second-order valence-electron chi connectivity index (χ2n) is 7.43. The van der Waals surface area contributed by atoms with Gasteiger partial charge in [0.1, 0.15) is 6.04 Å². The van der Waals surface area contributed by atoms with E-state index in [-0.39, 0.29) is 10.7 Å². The Hall–Kier alpha value is -2.28. The molecule has 3 aromatic carbocycles. The molecular formula is C22H20Cl2N2O3S. The molecule has 0 unspecified atom stereocenters. The van der Waals surface area contributed by atoms with Crippen molar-refractivity contribution in [2.75, 3.05) is 15.9 Å². The van der Waals surface area contributed by atoms with Crippen molar-refractivity contribution in [2.24, 2.45) is 0 Å². The van der Waals surface area contributed by atoms with Crippen LogP contribution in [0, 0.1) is 0 Å². The van der Waals surface area contributed by atoms with Crippen LogP contribution < -0.4 is 9.62 Å². The van der Waals surface area contributed by atoms with Gasteiger partial charge in [0.15, 0.2) is 0 Å². The van der Waals surface area contributed by atoms with Crippen molar-refractivity contribution in [3.8, 4) is 0 Å². The van der Waals surface area contributed by atoms with E-state index in [0.717, 1.165) is 28.8 Å². The van der Waals surface area contributed by atoms with Crippen LogP contribution in [0.3, 0.4) is 0 Å². The Morgan fingerprint density at radius 1 is 1.07 bits per heavy atom. The molecule has 0 bridgehead atoms. The summed E-state index contributed by atoms with van der Waals surface area (Å²) in [5.74, 6) is -0.463. The first-order chi connectivity index (χ1) is 14.2. The summed E-state index contributed by atoms with van der Waals surface area (Å²) < 4.78 is 26.1. The van der Waals surface area contributed by atoms with Gasteiger partial charge in [-0.3, -0.25) is 9.10 Å². The molecule has 1 aliphatic rings. The number of benzene rings is 3. The van der Waals surface area contributed by atoms with Gasteiger partial charge in [-0.2, -0.15) is 0 Å². The van der Waals surface area contributed by atoms with Gasteiger partial charge in [-0.1, -0.05) is 47.5 Å². The molecule has 1 N–H and O–H groups in total. The number of aryl methyl sites for hydroxylation is 2. The van der Waals surface area contributed by atoms with E-state index < -0.39 is 22.0 Å². The molecule has 1 aliphatic carbocycles. The number of carbonyl (C=O) groups excluding carboxylic acids is 1. The highest BCUT2D eigenvalue weighted by atomic mass is 35.5. The first kappa shape index (κ1) is 21.0. The van der Waals surface area contributed by atoms with Crippen molar-refractivity contribution in [3.05, 3.63) is 69.7 Å². The highest BCUT2D eigenvalue weighted by Crippen LogP contribution is 2.36. The maximum atomic E-state index is 13.1. The Labute approximate surface area is 185 Å². The van der Waals surface area contributed by atoms with Crippen LogP contribution in [0.1, 0.15) is 18.1 Å². The van der Waals surface area contributed by atoms with Gasteiger partial charge in [0.25, 0.3) is 0 Å². The number of hydrogen-bond acceptors (Lipinski definition) is 3. The quantitative estimate of drug-likeness (QED) is 0.577. The van der Waals surface area contributed by atoms with Gasteiger partial charge in [0.2, 0.25) is 15.9 Å². The van der Waals surface area contributed by atoms with Crippen molar-refractivity contribution in [1.82, 2.24) is 0 Å². The lowest BCUT2D eigenvalue weighted by Crippen LogP contribution is -2.45. The third-order valence-corrected chi connectivity index (χ3v) is 7.15. The Kier molecular flexibility index (Phi) is 5.43. The third kappa shape index (κ3) is 3.75. The number of anilines is 2. The first-order valence-corrected chi connectivity index (χ1v) is 12.1. The van der Waals surface area contributed by atoms with Gasteiger partial charge < -0.3 is 5.32 Å². The van der Waals surface area contributed by atoms with E-state index >= 15 is 0 Å². The summed E-state index contributed by atoms with van der Waals surface area (Å²) in [5.41, 5.74) is 3.33. The molecule has 30 heavy (non-hydrogen) atoms. The number of sulfonamides is 1. The Morgan fingerprint density at radius 3 is 2.47 bits per heavy atom. The van der Waals surface area contributed by atoms with Crippen LogP contribution in [-0.2, 0) is 27.7 Å². The number of rotatable bonds is 5. The molecule has 0 heterocycles. The van der Waals surface area contributed by atoms with Crippen LogP contribution in [0.25, 0.3) is 10.8 Å². The monoisotopic (exact) mass is 462 g/mol. The van der Waals surface area contributed by atoms with Gasteiger partial charge in [0.05, 0.1) is 17.0 Å². The van der Waals surface area contributed by atoms with E-state index in [1.165, 1.54) is 35.6 Å². The second-order valence-corrected chi connectivity index (χ2v) is 10.1. The third-order valence-electron chi connectivity index (χ3n) is 5.37. The average Bonchev–Trinajstić information content (AvgIpc) is 3.10. The van der Waals surface area contributed by atoms with Crippen LogP contribution in [0.2, 0.25) is 10.0 Å². The molecule has 1 atom stereocenters. The van der Waals surface area contributed by atoms with Crippen molar-refractivity contribution in [2.45, 2.75) is 25.8 Å². The molecule has 0 aromatic heterocycles. The molecular weight excluding hydrogens is 443 g/mol. The zero-order valence-electron chi connectivity index (χ0n) is 16.4. The summed E-state index contributed by atoms with van der Waals surface area (Å²) in [6.45, 7) is 1.52. The van der Waals surface area contributed by atoms with E-state index in [2.05, 4.69) is 11.4 Å². The number of nitrogens with zero attached hydrogens (tertiary/aromatic N) is 1. The Morgan fingerprint density at radius 2 is 1.77 bits per heavy atom. The number of nitrogens with one attached hydrogen (secondary N) is 1. The summed E-state index contributed by atoms with van der Waals surface area (Å²) >= 11 is 12.3. The van der Waals surface area contributed by atoms with Gasteiger partial charge in [0, 0.05) is 16.1 Å². The summed E-state index contributed by atoms with van der Waals surface area (Å²) in [6, 6.07) is 13.4. The molecule has 0 fully saturated rings. The van der Waals surface area contributed by atoms with E-state index in [9.17, 15) is 13.2 Å². The molecule has 0 spiro atoms. The lowest BCUT2D eigenvalue weighted by Gasteiger charge is -2.29. The molecule has 0 saturated carbocycles. The maximum Gasteiger partial charge on any atom is 0.248 e. The van der Waals surface area contributed by atoms with Crippen molar-refractivity contribution in [3.63, 3.8) is 0 Å². The minimum atomic E-state index is -3.81. The molecule has 0 saturated heterocycles. The molecule has 8 heteroatoms. The van der Waals surface area contributed by atoms with Gasteiger partial charge >= 0.3 is 0 Å². The molecule has 1 amide bonds. The van der Waals surface area contributed by atoms with Crippen LogP contribution in [-0.4, -0.2) is 26.6 Å². The smallest absolute Gasteiger partial charge is 0.248 e. The predicted octanol–water partition coefficient (Wildman–Crippen LogP) is 5.04. The fourth-order valence-electron chi connectivity index (χ4n) is 4.03. The summed E-state index contributed by atoms with van der Waals surface area (Å²) in [4.78, 5) is 13.1. The van der Waals surface area contributed by atoms with E-state index in [1.807, 2.05) is 24.3 Å². The summed E-state index contributed by atoms with van der Waals surface area (Å²) in [7, 11) is -3.81. The SMILES string of the molecule is C[C@@H](C(=O)Nc1ccc2c3c(cccc13)CC2)N(c1cc(Cl)ccc1Cl)S(C)(=O)=O. The fraction of sp³-hybridized carbons (Fsp3) is 0.227. The maximum absolute atomic E-state index is 13.1. The minimum Gasteiger partial charge on any atom is -0.324 e. The zero-order chi connectivity index (χ0) is 21.6. The largest absolute Gasteiger partial charge is 0.324 e. The predicted molar refractivity (Wildman–Crippen MR) is 123 cm³/mol. The van der Waals surface area contributed by atoms with Crippen molar-refractivity contribution in [1.29, 1.82) is 0 Å². The lowest BCUT2D eigenvalue weighted by atomic mass is 10.0. The number of halogens is 2. The molecule has 5 nitrogen and oxygen atoms in total. The van der Waals surface area contributed by atoms with Gasteiger partial charge in [-0.25, -0.2) is 8.42 Å². The normalized spacial score (nSPS) is 14.0. The molecule has 0 aliphatic heterocycles. The van der Waals surface area contributed by atoms with Gasteiger partial charge in [-0.05, 0) is 60.5 Å². The van der Waals surface area contributed by atoms with Crippen LogP contribution in [0.15, 0.2) is 48.5 Å². The minimum absolute atomic E-state index is 0.162. The fourth-order valence-corrected chi connectivity index (χ4v) is 5.63.